The lowest BCUT2D eigenvalue weighted by atomic mass is 10.0. The SMILES string of the molecule is C=C1CCN(c2ccc3c(c2)N2CCCCCCc4c(cnn4C)-c4cc(cc(C)n4)C(=C)/N=C/2N3)C(=C)C1. The van der Waals surface area contributed by atoms with Gasteiger partial charge in [0.25, 0.3) is 0 Å². The Kier molecular flexibility index (Phi) is 6.59. The van der Waals surface area contributed by atoms with E-state index in [0.29, 0.717) is 5.70 Å². The number of fused-ring (bicyclic) bond motifs is 7. The Bertz CT molecular complexity index is 1510. The maximum Gasteiger partial charge on any atom is 0.208 e. The van der Waals surface area contributed by atoms with Crippen molar-refractivity contribution in [2.24, 2.45) is 12.0 Å². The minimum absolute atomic E-state index is 0.713. The molecule has 3 aromatic rings. The van der Waals surface area contributed by atoms with E-state index < -0.39 is 0 Å². The standard InChI is InChI=1S/C32H37N7/c1-21-13-15-38(23(3)16-21)26-11-12-28-31(19-26)39-14-9-7-6-8-10-30-27(20-33-37(30)5)29-18-25(17-22(2)34-29)24(4)35-32(39)36-28/h11-12,17-20H,1,3-4,6-10,13-16H2,2,5H3,(H,35,36). The fourth-order valence-electron chi connectivity index (χ4n) is 5.90. The number of aryl methyl sites for hydroxylation is 2. The molecule has 1 saturated heterocycles. The van der Waals surface area contributed by atoms with Gasteiger partial charge in [-0.1, -0.05) is 38.2 Å². The van der Waals surface area contributed by atoms with Crippen LogP contribution in [0.25, 0.3) is 17.0 Å². The highest BCUT2D eigenvalue weighted by Crippen LogP contribution is 2.39. The number of aliphatic imine (C=N–C) groups is 1. The first-order chi connectivity index (χ1) is 18.9. The van der Waals surface area contributed by atoms with E-state index in [4.69, 9.17) is 9.98 Å². The van der Waals surface area contributed by atoms with Gasteiger partial charge in [-0.05, 0) is 62.9 Å². The van der Waals surface area contributed by atoms with Crippen LogP contribution in [0.3, 0.4) is 0 Å². The van der Waals surface area contributed by atoms with Crippen LogP contribution in [-0.4, -0.2) is 33.8 Å². The Morgan fingerprint density at radius 1 is 0.923 bits per heavy atom. The number of hydrogen-bond acceptors (Lipinski definition) is 6. The first-order valence-electron chi connectivity index (χ1n) is 14.0. The summed E-state index contributed by atoms with van der Waals surface area (Å²) in [6.45, 7) is 16.7. The second-order valence-corrected chi connectivity index (χ2v) is 10.9. The summed E-state index contributed by atoms with van der Waals surface area (Å²) >= 11 is 0. The summed E-state index contributed by atoms with van der Waals surface area (Å²) in [5.74, 6) is 0.825. The first-order valence-corrected chi connectivity index (χ1v) is 14.0. The molecule has 0 radical (unpaired) electrons. The van der Waals surface area contributed by atoms with E-state index in [1.165, 1.54) is 23.4 Å². The zero-order valence-electron chi connectivity index (χ0n) is 23.1. The van der Waals surface area contributed by atoms with E-state index in [0.717, 1.165) is 97.2 Å². The number of nitrogens with zero attached hydrogens (tertiary/aromatic N) is 6. The van der Waals surface area contributed by atoms with Crippen molar-refractivity contribution >= 4 is 28.7 Å². The van der Waals surface area contributed by atoms with Gasteiger partial charge in [0, 0.05) is 60.5 Å². The Hall–Kier alpha value is -4.13. The predicted molar refractivity (Wildman–Crippen MR) is 162 cm³/mol. The largest absolute Gasteiger partial charge is 0.345 e. The zero-order chi connectivity index (χ0) is 27.1. The quantitative estimate of drug-likeness (QED) is 0.357. The smallest absolute Gasteiger partial charge is 0.208 e. The van der Waals surface area contributed by atoms with Crippen LogP contribution in [-0.2, 0) is 13.5 Å². The van der Waals surface area contributed by atoms with E-state index in [1.807, 2.05) is 24.9 Å². The summed E-state index contributed by atoms with van der Waals surface area (Å²) in [5, 5.41) is 8.14. The number of nitrogens with one attached hydrogen (secondary N) is 1. The van der Waals surface area contributed by atoms with Crippen molar-refractivity contribution < 1.29 is 0 Å². The molecule has 1 N–H and O–H groups in total. The monoisotopic (exact) mass is 519 g/mol. The van der Waals surface area contributed by atoms with Gasteiger partial charge in [0.2, 0.25) is 5.96 Å². The minimum atomic E-state index is 0.713. The van der Waals surface area contributed by atoms with Gasteiger partial charge >= 0.3 is 0 Å². The molecule has 0 saturated carbocycles. The summed E-state index contributed by atoms with van der Waals surface area (Å²) in [5.41, 5.74) is 11.7. The van der Waals surface area contributed by atoms with Gasteiger partial charge in [-0.15, -0.1) is 0 Å². The summed E-state index contributed by atoms with van der Waals surface area (Å²) < 4.78 is 1.99. The average Bonchev–Trinajstić information content (AvgIpc) is 3.44. The minimum Gasteiger partial charge on any atom is -0.345 e. The number of hydrogen-bond donors (Lipinski definition) is 1. The molecular formula is C32H37N7. The normalized spacial score (nSPS) is 19.3. The topological polar surface area (TPSA) is 61.6 Å². The van der Waals surface area contributed by atoms with Crippen LogP contribution in [0.15, 0.2) is 72.5 Å². The average molecular weight is 520 g/mol. The molecule has 3 aliphatic rings. The second-order valence-electron chi connectivity index (χ2n) is 10.9. The molecule has 0 atom stereocenters. The number of pyridine rings is 1. The van der Waals surface area contributed by atoms with E-state index >= 15 is 0 Å². The Morgan fingerprint density at radius 3 is 2.62 bits per heavy atom. The molecule has 1 aromatic carbocycles. The number of piperidine rings is 1. The van der Waals surface area contributed by atoms with Crippen LogP contribution in [0.4, 0.5) is 17.1 Å². The second kappa shape index (κ2) is 10.2. The lowest BCUT2D eigenvalue weighted by Crippen LogP contribution is -2.32. The van der Waals surface area contributed by atoms with E-state index in [1.54, 1.807) is 0 Å². The highest BCUT2D eigenvalue weighted by molar-refractivity contribution is 6.16. The first kappa shape index (κ1) is 25.2. The molecule has 7 heteroatoms. The summed E-state index contributed by atoms with van der Waals surface area (Å²) in [6, 6.07) is 10.8. The number of rotatable bonds is 1. The molecule has 5 heterocycles. The van der Waals surface area contributed by atoms with Crippen LogP contribution >= 0.6 is 0 Å². The maximum absolute atomic E-state index is 5.05. The molecule has 2 bridgehead atoms. The van der Waals surface area contributed by atoms with Gasteiger partial charge < -0.3 is 15.1 Å². The predicted octanol–water partition coefficient (Wildman–Crippen LogP) is 6.84. The molecule has 7 nitrogen and oxygen atoms in total. The maximum atomic E-state index is 5.05. The Morgan fingerprint density at radius 2 is 1.77 bits per heavy atom. The third-order valence-electron chi connectivity index (χ3n) is 8.02. The third kappa shape index (κ3) is 4.89. The van der Waals surface area contributed by atoms with Gasteiger partial charge in [0.1, 0.15) is 0 Å². The molecule has 0 amide bonds. The summed E-state index contributed by atoms with van der Waals surface area (Å²) in [7, 11) is 2.02. The van der Waals surface area contributed by atoms with Crippen molar-refractivity contribution in [1.82, 2.24) is 14.8 Å². The fraction of sp³-hybridized carbons (Fsp3) is 0.344. The van der Waals surface area contributed by atoms with Gasteiger partial charge in [-0.3, -0.25) is 9.67 Å². The molecule has 39 heavy (non-hydrogen) atoms. The Labute approximate surface area is 231 Å². The van der Waals surface area contributed by atoms with Crippen LogP contribution in [0.2, 0.25) is 0 Å². The fourth-order valence-corrected chi connectivity index (χ4v) is 5.90. The van der Waals surface area contributed by atoms with E-state index in [9.17, 15) is 0 Å². The van der Waals surface area contributed by atoms with Crippen molar-refractivity contribution in [2.45, 2.75) is 51.9 Å². The number of allylic oxidation sites excluding steroid dienone is 1. The number of guanidine groups is 1. The molecule has 0 spiro atoms. The van der Waals surface area contributed by atoms with Crippen molar-refractivity contribution in [1.29, 1.82) is 0 Å². The van der Waals surface area contributed by atoms with Crippen molar-refractivity contribution in [3.05, 3.63) is 84.5 Å². The highest BCUT2D eigenvalue weighted by atomic mass is 15.4. The molecular weight excluding hydrogens is 482 g/mol. The summed E-state index contributed by atoms with van der Waals surface area (Å²) in [4.78, 5) is 14.6. The number of aromatic nitrogens is 3. The van der Waals surface area contributed by atoms with Gasteiger partial charge in [0.15, 0.2) is 0 Å². The van der Waals surface area contributed by atoms with Gasteiger partial charge in [-0.2, -0.15) is 5.10 Å². The lowest BCUT2D eigenvalue weighted by molar-refractivity contribution is 0.619. The number of anilines is 3. The zero-order valence-corrected chi connectivity index (χ0v) is 23.1. The van der Waals surface area contributed by atoms with Crippen LogP contribution < -0.4 is 15.1 Å². The van der Waals surface area contributed by atoms with Crippen LogP contribution in [0.5, 0.6) is 0 Å². The van der Waals surface area contributed by atoms with E-state index in [2.05, 4.69) is 70.3 Å². The van der Waals surface area contributed by atoms with Gasteiger partial charge in [-0.25, -0.2) is 4.99 Å². The molecule has 3 aliphatic heterocycles. The molecule has 1 fully saturated rings. The van der Waals surface area contributed by atoms with Crippen LogP contribution in [0, 0.1) is 6.92 Å². The lowest BCUT2D eigenvalue weighted by Gasteiger charge is -2.32. The van der Waals surface area contributed by atoms with Crippen molar-refractivity contribution in [3.63, 3.8) is 0 Å². The Balaban J connectivity index is 1.37. The highest BCUT2D eigenvalue weighted by Gasteiger charge is 2.28. The summed E-state index contributed by atoms with van der Waals surface area (Å²) in [6.07, 6.45) is 9.32. The molecule has 0 unspecified atom stereocenters. The molecule has 2 aromatic heterocycles. The van der Waals surface area contributed by atoms with E-state index in [-0.39, 0.29) is 0 Å². The van der Waals surface area contributed by atoms with Crippen molar-refractivity contribution in [2.75, 3.05) is 28.2 Å². The number of benzene rings is 1. The molecule has 6 rings (SSSR count). The van der Waals surface area contributed by atoms with Gasteiger partial charge in [0.05, 0.1) is 29.0 Å². The molecule has 200 valence electrons. The molecule has 0 aliphatic carbocycles. The van der Waals surface area contributed by atoms with Crippen molar-refractivity contribution in [3.8, 4) is 11.3 Å². The van der Waals surface area contributed by atoms with Crippen LogP contribution in [0.1, 0.15) is 55.5 Å². The third-order valence-corrected chi connectivity index (χ3v) is 8.02.